The van der Waals surface area contributed by atoms with Crippen molar-refractivity contribution in [3.63, 3.8) is 0 Å². The van der Waals surface area contributed by atoms with Crippen LogP contribution in [-0.4, -0.2) is 56.3 Å². The second kappa shape index (κ2) is 12.1. The second-order valence-electron chi connectivity index (χ2n) is 8.36. The molecule has 1 heterocycles. The first-order valence-electron chi connectivity index (χ1n) is 10.8. The van der Waals surface area contributed by atoms with Crippen molar-refractivity contribution in [2.24, 2.45) is 0 Å². The van der Waals surface area contributed by atoms with Crippen molar-refractivity contribution in [3.05, 3.63) is 69.7 Å². The number of carbonyl (C=O) groups is 1. The molecule has 0 spiro atoms. The molecule has 5 nitrogen and oxygen atoms in total. The van der Waals surface area contributed by atoms with Crippen molar-refractivity contribution in [1.29, 1.82) is 0 Å². The van der Waals surface area contributed by atoms with Crippen LogP contribution in [0.15, 0.2) is 42.5 Å². The van der Waals surface area contributed by atoms with Crippen molar-refractivity contribution in [2.45, 2.75) is 38.6 Å². The molecule has 0 aliphatic carbocycles. The van der Waals surface area contributed by atoms with Gasteiger partial charge in [0.25, 0.3) is 0 Å². The molecule has 0 saturated carbocycles. The molecule has 0 unspecified atom stereocenters. The topological polar surface area (TPSA) is 57.7 Å². The molecule has 0 bridgehead atoms. The van der Waals surface area contributed by atoms with Crippen LogP contribution >= 0.6 is 24.0 Å². The van der Waals surface area contributed by atoms with E-state index in [4.69, 9.17) is 11.6 Å². The van der Waals surface area contributed by atoms with Gasteiger partial charge in [-0.1, -0.05) is 41.9 Å². The van der Waals surface area contributed by atoms with Crippen LogP contribution < -0.4 is 0 Å². The fourth-order valence-corrected chi connectivity index (χ4v) is 4.95. The van der Waals surface area contributed by atoms with Gasteiger partial charge >= 0.3 is 0 Å². The number of hydrogen-bond acceptors (Lipinski definition) is 4. The first kappa shape index (κ1) is 26.8. The van der Waals surface area contributed by atoms with Crippen molar-refractivity contribution >= 4 is 39.8 Å². The van der Waals surface area contributed by atoms with Gasteiger partial charge in [0.2, 0.25) is 10.0 Å². The Morgan fingerprint density at radius 3 is 2.56 bits per heavy atom. The van der Waals surface area contributed by atoms with Crippen LogP contribution in [0, 0.1) is 0 Å². The van der Waals surface area contributed by atoms with Crippen LogP contribution in [0.1, 0.15) is 46.3 Å². The number of carbonyl (C=O) groups excluding carboxylic acids is 1. The van der Waals surface area contributed by atoms with Gasteiger partial charge in [-0.25, -0.2) is 8.42 Å². The average molecular weight is 500 g/mol. The van der Waals surface area contributed by atoms with E-state index in [1.54, 1.807) is 0 Å². The predicted molar refractivity (Wildman–Crippen MR) is 133 cm³/mol. The minimum atomic E-state index is -3.22. The number of halogens is 2. The number of hydrogen-bond donors (Lipinski definition) is 0. The van der Waals surface area contributed by atoms with E-state index < -0.39 is 10.0 Å². The van der Waals surface area contributed by atoms with Crippen LogP contribution in [0.2, 0.25) is 5.02 Å². The number of fused-ring (bicyclic) bond motifs is 1. The number of rotatable bonds is 10. The Kier molecular flexibility index (Phi) is 10.2. The molecule has 2 aromatic rings. The predicted octanol–water partition coefficient (Wildman–Crippen LogP) is 4.61. The molecule has 0 radical (unpaired) electrons. The lowest BCUT2D eigenvalue weighted by molar-refractivity contribution is 0.0978. The average Bonchev–Trinajstić information content (AvgIpc) is 2.74. The summed E-state index contributed by atoms with van der Waals surface area (Å²) in [5.41, 5.74) is 3.92. The Morgan fingerprint density at radius 1 is 1.09 bits per heavy atom. The summed E-state index contributed by atoms with van der Waals surface area (Å²) >= 11 is 6.21. The van der Waals surface area contributed by atoms with E-state index in [1.165, 1.54) is 10.6 Å². The molecule has 3 rings (SSSR count). The SMILES string of the molecule is CN(CCCCC(=O)c1ccc2c(c1)CN(S(C)(=O)=O)CC2)CCc1ccccc1Cl.Cl. The summed E-state index contributed by atoms with van der Waals surface area (Å²) in [5, 5.41) is 0.811. The molecule has 1 aliphatic heterocycles. The Morgan fingerprint density at radius 2 is 1.84 bits per heavy atom. The van der Waals surface area contributed by atoms with Gasteiger partial charge in [0.1, 0.15) is 0 Å². The van der Waals surface area contributed by atoms with E-state index >= 15 is 0 Å². The van der Waals surface area contributed by atoms with Crippen molar-refractivity contribution in [2.75, 3.05) is 32.9 Å². The Balaban J connectivity index is 0.00000363. The molecule has 2 aromatic carbocycles. The zero-order valence-electron chi connectivity index (χ0n) is 18.7. The van der Waals surface area contributed by atoms with Crippen molar-refractivity contribution in [1.82, 2.24) is 9.21 Å². The lowest BCUT2D eigenvalue weighted by Crippen LogP contribution is -2.35. The molecule has 0 atom stereocenters. The summed E-state index contributed by atoms with van der Waals surface area (Å²) in [6.45, 7) is 2.72. The normalized spacial score (nSPS) is 14.1. The summed E-state index contributed by atoms with van der Waals surface area (Å²) in [5.74, 6) is 0.123. The van der Waals surface area contributed by atoms with Crippen LogP contribution in [0.25, 0.3) is 0 Å². The Labute approximate surface area is 203 Å². The van der Waals surface area contributed by atoms with Gasteiger partial charge in [0.05, 0.1) is 6.26 Å². The smallest absolute Gasteiger partial charge is 0.211 e. The highest BCUT2D eigenvalue weighted by atomic mass is 35.5. The van der Waals surface area contributed by atoms with Gasteiger partial charge in [-0.05, 0) is 68.1 Å². The number of sulfonamides is 1. The van der Waals surface area contributed by atoms with Crippen LogP contribution in [-0.2, 0) is 29.4 Å². The molecule has 8 heteroatoms. The van der Waals surface area contributed by atoms with E-state index in [-0.39, 0.29) is 18.2 Å². The molecule has 0 N–H and O–H groups in total. The maximum Gasteiger partial charge on any atom is 0.211 e. The quantitative estimate of drug-likeness (QED) is 0.354. The highest BCUT2D eigenvalue weighted by molar-refractivity contribution is 7.88. The van der Waals surface area contributed by atoms with Crippen molar-refractivity contribution < 1.29 is 13.2 Å². The number of nitrogens with zero attached hydrogens (tertiary/aromatic N) is 2. The zero-order chi connectivity index (χ0) is 22.4. The van der Waals surface area contributed by atoms with Gasteiger partial charge in [-0.3, -0.25) is 4.79 Å². The summed E-state index contributed by atoms with van der Waals surface area (Å²) in [6, 6.07) is 13.7. The molecule has 0 amide bonds. The first-order valence-corrected chi connectivity index (χ1v) is 13.0. The third-order valence-electron chi connectivity index (χ3n) is 5.89. The minimum absolute atomic E-state index is 0. The van der Waals surface area contributed by atoms with E-state index in [2.05, 4.69) is 18.0 Å². The molecular weight excluding hydrogens is 467 g/mol. The Bertz CT molecular complexity index is 1030. The molecule has 32 heavy (non-hydrogen) atoms. The van der Waals surface area contributed by atoms with E-state index in [1.807, 2.05) is 36.4 Å². The van der Waals surface area contributed by atoms with Gasteiger partial charge in [0.15, 0.2) is 5.78 Å². The highest BCUT2D eigenvalue weighted by Gasteiger charge is 2.23. The summed E-state index contributed by atoms with van der Waals surface area (Å²) in [6.07, 6.45) is 5.14. The van der Waals surface area contributed by atoms with E-state index in [9.17, 15) is 13.2 Å². The number of ketones is 1. The number of Topliss-reactive ketones (excluding diaryl/α,β-unsaturated/α-hetero) is 1. The standard InChI is InChI=1S/C24H31ClN2O3S.ClH/c1-26(15-12-20-7-3-4-8-23(20)25)14-6-5-9-24(28)21-11-10-19-13-16-27(31(2,29)30)18-22(19)17-21;/h3-4,7-8,10-11,17H,5-6,9,12-16,18H2,1-2H3;1H. The lowest BCUT2D eigenvalue weighted by atomic mass is 9.96. The largest absolute Gasteiger partial charge is 0.306 e. The molecular formula is C24H32Cl2N2O3S. The molecule has 1 aliphatic rings. The number of likely N-dealkylation sites (N-methyl/N-ethyl adjacent to an activating group) is 1. The molecule has 0 saturated heterocycles. The second-order valence-corrected chi connectivity index (χ2v) is 10.7. The van der Waals surface area contributed by atoms with Gasteiger partial charge < -0.3 is 4.90 Å². The van der Waals surface area contributed by atoms with Crippen LogP contribution in [0.4, 0.5) is 0 Å². The fraction of sp³-hybridized carbons (Fsp3) is 0.458. The maximum atomic E-state index is 12.6. The van der Waals surface area contributed by atoms with Crippen LogP contribution in [0.5, 0.6) is 0 Å². The molecule has 176 valence electrons. The minimum Gasteiger partial charge on any atom is -0.306 e. The van der Waals surface area contributed by atoms with Gasteiger partial charge in [0, 0.05) is 36.6 Å². The summed E-state index contributed by atoms with van der Waals surface area (Å²) < 4.78 is 25.1. The summed E-state index contributed by atoms with van der Waals surface area (Å²) in [4.78, 5) is 14.9. The fourth-order valence-electron chi connectivity index (χ4n) is 3.92. The first-order chi connectivity index (χ1) is 14.7. The third kappa shape index (κ3) is 7.56. The monoisotopic (exact) mass is 498 g/mol. The maximum absolute atomic E-state index is 12.6. The Hall–Kier alpha value is -1.44. The molecule has 0 fully saturated rings. The molecule has 0 aromatic heterocycles. The number of unbranched alkanes of at least 4 members (excludes halogenated alkanes) is 1. The zero-order valence-corrected chi connectivity index (χ0v) is 21.1. The highest BCUT2D eigenvalue weighted by Crippen LogP contribution is 2.23. The third-order valence-corrected chi connectivity index (χ3v) is 7.51. The van der Waals surface area contributed by atoms with Crippen molar-refractivity contribution in [3.8, 4) is 0 Å². The van der Waals surface area contributed by atoms with Gasteiger partial charge in [-0.2, -0.15) is 4.31 Å². The van der Waals surface area contributed by atoms with E-state index in [0.717, 1.165) is 54.1 Å². The summed E-state index contributed by atoms with van der Waals surface area (Å²) in [7, 11) is -1.12. The number of benzene rings is 2. The van der Waals surface area contributed by atoms with Gasteiger partial charge in [-0.15, -0.1) is 12.4 Å². The van der Waals surface area contributed by atoms with E-state index in [0.29, 0.717) is 31.5 Å². The lowest BCUT2D eigenvalue weighted by Gasteiger charge is -2.27. The van der Waals surface area contributed by atoms with Crippen LogP contribution in [0.3, 0.4) is 0 Å².